The van der Waals surface area contributed by atoms with Crippen LogP contribution < -0.4 is 24.3 Å². The second-order valence-electron chi connectivity index (χ2n) is 7.20. The van der Waals surface area contributed by atoms with E-state index in [4.69, 9.17) is 18.9 Å². The molecule has 166 valence electrons. The van der Waals surface area contributed by atoms with E-state index in [9.17, 15) is 9.59 Å². The van der Waals surface area contributed by atoms with Gasteiger partial charge in [0.1, 0.15) is 5.75 Å². The lowest BCUT2D eigenvalue weighted by Crippen LogP contribution is -2.41. The van der Waals surface area contributed by atoms with Crippen LogP contribution in [0.2, 0.25) is 0 Å². The van der Waals surface area contributed by atoms with E-state index in [0.29, 0.717) is 48.7 Å². The number of piperidine rings is 1. The third-order valence-corrected chi connectivity index (χ3v) is 5.42. The van der Waals surface area contributed by atoms with Gasteiger partial charge in [-0.05, 0) is 49.2 Å². The van der Waals surface area contributed by atoms with Crippen molar-refractivity contribution in [3.8, 4) is 23.0 Å². The van der Waals surface area contributed by atoms with Crippen LogP contribution in [0, 0.1) is 5.92 Å². The highest BCUT2D eigenvalue weighted by molar-refractivity contribution is 5.96. The molecular formula is C23H28N2O6. The first-order valence-electron chi connectivity index (χ1n) is 10.0. The number of nitrogens with zero attached hydrogens (tertiary/aromatic N) is 1. The summed E-state index contributed by atoms with van der Waals surface area (Å²) in [6, 6.07) is 10.5. The molecule has 2 aromatic carbocycles. The van der Waals surface area contributed by atoms with Crippen molar-refractivity contribution in [2.75, 3.05) is 46.8 Å². The average Bonchev–Trinajstić information content (AvgIpc) is 2.83. The number of ether oxygens (including phenoxy) is 4. The lowest BCUT2D eigenvalue weighted by molar-refractivity contribution is -0.121. The monoisotopic (exact) mass is 428 g/mol. The van der Waals surface area contributed by atoms with Crippen molar-refractivity contribution in [1.29, 1.82) is 0 Å². The first-order valence-corrected chi connectivity index (χ1v) is 10.0. The third-order valence-electron chi connectivity index (χ3n) is 5.42. The van der Waals surface area contributed by atoms with Gasteiger partial charge in [0.25, 0.3) is 5.91 Å². The Bertz CT molecular complexity index is 895. The summed E-state index contributed by atoms with van der Waals surface area (Å²) >= 11 is 0. The number of likely N-dealkylation sites (tertiary alicyclic amines) is 1. The summed E-state index contributed by atoms with van der Waals surface area (Å²) in [6.07, 6.45) is 1.19. The van der Waals surface area contributed by atoms with Crippen molar-refractivity contribution in [2.45, 2.75) is 12.8 Å². The quantitative estimate of drug-likeness (QED) is 0.729. The van der Waals surface area contributed by atoms with Gasteiger partial charge < -0.3 is 29.2 Å². The Labute approximate surface area is 182 Å². The number of carbonyl (C=O) groups is 2. The van der Waals surface area contributed by atoms with Gasteiger partial charge in [-0.1, -0.05) is 0 Å². The minimum absolute atomic E-state index is 0.0370. The summed E-state index contributed by atoms with van der Waals surface area (Å²) in [6.45, 7) is 0.992. The molecule has 0 aliphatic carbocycles. The molecule has 8 nitrogen and oxygen atoms in total. The van der Waals surface area contributed by atoms with Crippen molar-refractivity contribution in [3.05, 3.63) is 42.0 Å². The maximum Gasteiger partial charge on any atom is 0.254 e. The van der Waals surface area contributed by atoms with Gasteiger partial charge in [-0.15, -0.1) is 0 Å². The molecule has 8 heteroatoms. The number of hydrogen-bond donors (Lipinski definition) is 1. The van der Waals surface area contributed by atoms with Crippen molar-refractivity contribution in [1.82, 2.24) is 4.90 Å². The Morgan fingerprint density at radius 2 is 1.45 bits per heavy atom. The smallest absolute Gasteiger partial charge is 0.254 e. The van der Waals surface area contributed by atoms with Crippen LogP contribution >= 0.6 is 0 Å². The van der Waals surface area contributed by atoms with Crippen LogP contribution in [0.15, 0.2) is 36.4 Å². The predicted octanol–water partition coefficient (Wildman–Crippen LogP) is 3.21. The maximum atomic E-state index is 13.0. The molecule has 0 bridgehead atoms. The van der Waals surface area contributed by atoms with Crippen molar-refractivity contribution >= 4 is 17.5 Å². The number of methoxy groups -OCH3 is 4. The fourth-order valence-electron chi connectivity index (χ4n) is 3.65. The number of hydrogen-bond acceptors (Lipinski definition) is 6. The summed E-state index contributed by atoms with van der Waals surface area (Å²) in [7, 11) is 6.14. The first-order chi connectivity index (χ1) is 15.0. The Morgan fingerprint density at radius 3 is 1.94 bits per heavy atom. The molecule has 1 saturated heterocycles. The number of carbonyl (C=O) groups excluding carboxylic acids is 2. The predicted molar refractivity (Wildman–Crippen MR) is 116 cm³/mol. The van der Waals surface area contributed by atoms with Gasteiger partial charge in [-0.3, -0.25) is 9.59 Å². The number of amides is 2. The minimum atomic E-state index is -0.147. The second kappa shape index (κ2) is 10.1. The Balaban J connectivity index is 1.62. The van der Waals surface area contributed by atoms with E-state index in [-0.39, 0.29) is 17.7 Å². The Morgan fingerprint density at radius 1 is 0.871 bits per heavy atom. The summed E-state index contributed by atoms with van der Waals surface area (Å²) < 4.78 is 21.1. The zero-order valence-electron chi connectivity index (χ0n) is 18.3. The molecule has 1 N–H and O–H groups in total. The van der Waals surface area contributed by atoms with Gasteiger partial charge in [0, 0.05) is 30.3 Å². The highest BCUT2D eigenvalue weighted by Gasteiger charge is 2.29. The zero-order valence-corrected chi connectivity index (χ0v) is 18.3. The lowest BCUT2D eigenvalue weighted by Gasteiger charge is -2.31. The SMILES string of the molecule is COc1ccc(NC(=O)C2CCN(C(=O)c3cc(OC)c(OC)c(OC)c3)CC2)cc1. The number of rotatable bonds is 7. The van der Waals surface area contributed by atoms with Gasteiger partial charge in [-0.2, -0.15) is 0 Å². The second-order valence-corrected chi connectivity index (χ2v) is 7.20. The molecular weight excluding hydrogens is 400 g/mol. The molecule has 1 heterocycles. The molecule has 0 unspecified atom stereocenters. The summed E-state index contributed by atoms with van der Waals surface area (Å²) in [5.74, 6) is 1.72. The summed E-state index contributed by atoms with van der Waals surface area (Å²) in [5, 5.41) is 2.94. The van der Waals surface area contributed by atoms with E-state index in [1.165, 1.54) is 21.3 Å². The minimum Gasteiger partial charge on any atom is -0.497 e. The number of benzene rings is 2. The molecule has 0 spiro atoms. The highest BCUT2D eigenvalue weighted by Crippen LogP contribution is 2.38. The molecule has 0 atom stereocenters. The van der Waals surface area contributed by atoms with E-state index in [2.05, 4.69) is 5.32 Å². The van der Waals surface area contributed by atoms with Crippen LogP contribution in [-0.4, -0.2) is 58.2 Å². The fourth-order valence-corrected chi connectivity index (χ4v) is 3.65. The van der Waals surface area contributed by atoms with Crippen molar-refractivity contribution in [3.63, 3.8) is 0 Å². The molecule has 31 heavy (non-hydrogen) atoms. The van der Waals surface area contributed by atoms with Gasteiger partial charge in [-0.25, -0.2) is 0 Å². The molecule has 3 rings (SSSR count). The van der Waals surface area contributed by atoms with E-state index in [1.54, 1.807) is 48.4 Å². The highest BCUT2D eigenvalue weighted by atomic mass is 16.5. The van der Waals surface area contributed by atoms with E-state index in [0.717, 1.165) is 11.4 Å². The normalized spacial score (nSPS) is 14.0. The van der Waals surface area contributed by atoms with Crippen LogP contribution in [0.4, 0.5) is 5.69 Å². The topological polar surface area (TPSA) is 86.3 Å². The fraction of sp³-hybridized carbons (Fsp3) is 0.391. The van der Waals surface area contributed by atoms with E-state index < -0.39 is 0 Å². The van der Waals surface area contributed by atoms with Crippen LogP contribution in [0.1, 0.15) is 23.2 Å². The number of anilines is 1. The Hall–Kier alpha value is -3.42. The molecule has 1 aliphatic rings. The van der Waals surface area contributed by atoms with Crippen molar-refractivity contribution < 1.29 is 28.5 Å². The van der Waals surface area contributed by atoms with Gasteiger partial charge >= 0.3 is 0 Å². The van der Waals surface area contributed by atoms with Crippen LogP contribution in [-0.2, 0) is 4.79 Å². The first kappa shape index (κ1) is 22.3. The molecule has 2 aromatic rings. The van der Waals surface area contributed by atoms with Crippen molar-refractivity contribution in [2.24, 2.45) is 5.92 Å². The summed E-state index contributed by atoms with van der Waals surface area (Å²) in [5.41, 5.74) is 1.18. The third kappa shape index (κ3) is 5.02. The molecule has 0 saturated carbocycles. The van der Waals surface area contributed by atoms with Gasteiger partial charge in [0.15, 0.2) is 11.5 Å². The number of nitrogens with one attached hydrogen (secondary N) is 1. The van der Waals surface area contributed by atoms with Gasteiger partial charge in [0.2, 0.25) is 11.7 Å². The molecule has 0 radical (unpaired) electrons. The van der Waals surface area contributed by atoms with Crippen LogP contribution in [0.25, 0.3) is 0 Å². The largest absolute Gasteiger partial charge is 0.497 e. The van der Waals surface area contributed by atoms with E-state index >= 15 is 0 Å². The lowest BCUT2D eigenvalue weighted by atomic mass is 9.95. The van der Waals surface area contributed by atoms with Crippen LogP contribution in [0.5, 0.6) is 23.0 Å². The van der Waals surface area contributed by atoms with Crippen LogP contribution in [0.3, 0.4) is 0 Å². The van der Waals surface area contributed by atoms with E-state index in [1.807, 2.05) is 0 Å². The van der Waals surface area contributed by atoms with Gasteiger partial charge in [0.05, 0.1) is 28.4 Å². The summed E-state index contributed by atoms with van der Waals surface area (Å²) in [4.78, 5) is 27.4. The maximum absolute atomic E-state index is 13.0. The molecule has 2 amide bonds. The molecule has 0 aromatic heterocycles. The standard InChI is InChI=1S/C23H28N2O6/c1-28-18-7-5-17(6-8-18)24-22(26)15-9-11-25(12-10-15)23(27)16-13-19(29-2)21(31-4)20(14-16)30-3/h5-8,13-15H,9-12H2,1-4H3,(H,24,26). The molecule has 1 fully saturated rings. The Kier molecular flexibility index (Phi) is 7.23. The molecule has 1 aliphatic heterocycles. The zero-order chi connectivity index (χ0) is 22.4. The average molecular weight is 428 g/mol.